The third-order valence-electron chi connectivity index (χ3n) is 2.51. The van der Waals surface area contributed by atoms with Crippen molar-refractivity contribution in [3.63, 3.8) is 0 Å². The molecule has 0 radical (unpaired) electrons. The standard InChI is InChI=1S/C11H16N2O4/c1-7(9(14)13-11(12)16)17-10(15)8-5-3-2-4-6-8/h2-3,7-8H,4-6H2,1H3,(H3,12,13,14,16)/t7-,8-/m0/s1. The van der Waals surface area contributed by atoms with Crippen LogP contribution in [0.25, 0.3) is 0 Å². The summed E-state index contributed by atoms with van der Waals surface area (Å²) in [6.45, 7) is 1.40. The van der Waals surface area contributed by atoms with Crippen LogP contribution in [0.4, 0.5) is 4.79 Å². The Morgan fingerprint density at radius 3 is 2.65 bits per heavy atom. The van der Waals surface area contributed by atoms with Gasteiger partial charge in [0, 0.05) is 0 Å². The van der Waals surface area contributed by atoms with E-state index in [-0.39, 0.29) is 5.92 Å². The average molecular weight is 240 g/mol. The maximum Gasteiger partial charge on any atom is 0.318 e. The summed E-state index contributed by atoms with van der Waals surface area (Å²) in [6.07, 6.45) is 5.10. The smallest absolute Gasteiger partial charge is 0.318 e. The number of carbonyl (C=O) groups excluding carboxylic acids is 3. The van der Waals surface area contributed by atoms with Crippen LogP contribution < -0.4 is 11.1 Å². The Morgan fingerprint density at radius 1 is 1.41 bits per heavy atom. The van der Waals surface area contributed by atoms with Gasteiger partial charge in [-0.25, -0.2) is 4.79 Å². The summed E-state index contributed by atoms with van der Waals surface area (Å²) in [5, 5.41) is 1.86. The Balaban J connectivity index is 2.42. The molecular weight excluding hydrogens is 224 g/mol. The molecule has 6 heteroatoms. The van der Waals surface area contributed by atoms with Gasteiger partial charge in [0.15, 0.2) is 6.10 Å². The molecule has 0 aromatic heterocycles. The van der Waals surface area contributed by atoms with Crippen LogP contribution in [0.2, 0.25) is 0 Å². The van der Waals surface area contributed by atoms with Gasteiger partial charge in [0.05, 0.1) is 5.92 Å². The number of primary amides is 1. The zero-order chi connectivity index (χ0) is 12.8. The van der Waals surface area contributed by atoms with E-state index in [0.29, 0.717) is 6.42 Å². The lowest BCUT2D eigenvalue weighted by molar-refractivity contribution is -0.158. The van der Waals surface area contributed by atoms with Gasteiger partial charge in [-0.3, -0.25) is 14.9 Å². The van der Waals surface area contributed by atoms with Gasteiger partial charge in [-0.1, -0.05) is 12.2 Å². The van der Waals surface area contributed by atoms with Crippen LogP contribution in [-0.4, -0.2) is 24.0 Å². The van der Waals surface area contributed by atoms with Crippen molar-refractivity contribution in [3.8, 4) is 0 Å². The quantitative estimate of drug-likeness (QED) is 0.553. The average Bonchev–Trinajstić information content (AvgIpc) is 2.29. The Labute approximate surface area is 99.2 Å². The molecule has 17 heavy (non-hydrogen) atoms. The van der Waals surface area contributed by atoms with E-state index >= 15 is 0 Å². The second-order valence-corrected chi connectivity index (χ2v) is 3.91. The summed E-state index contributed by atoms with van der Waals surface area (Å²) in [6, 6.07) is -0.960. The molecule has 0 saturated heterocycles. The van der Waals surface area contributed by atoms with Crippen LogP contribution in [0.3, 0.4) is 0 Å². The Bertz CT molecular complexity index is 351. The molecule has 0 heterocycles. The van der Waals surface area contributed by atoms with Crippen molar-refractivity contribution in [2.75, 3.05) is 0 Å². The number of urea groups is 1. The molecule has 6 nitrogen and oxygen atoms in total. The highest BCUT2D eigenvalue weighted by atomic mass is 16.5. The third kappa shape index (κ3) is 4.26. The number of ether oxygens (including phenoxy) is 1. The lowest BCUT2D eigenvalue weighted by Gasteiger charge is -2.19. The second kappa shape index (κ2) is 6.03. The van der Waals surface area contributed by atoms with Gasteiger partial charge in [-0.15, -0.1) is 0 Å². The number of esters is 1. The van der Waals surface area contributed by atoms with Crippen molar-refractivity contribution in [1.82, 2.24) is 5.32 Å². The molecule has 0 saturated carbocycles. The first-order valence-electron chi connectivity index (χ1n) is 5.46. The molecule has 0 aromatic carbocycles. The van der Waals surface area contributed by atoms with E-state index in [9.17, 15) is 14.4 Å². The predicted molar refractivity (Wildman–Crippen MR) is 59.8 cm³/mol. The minimum atomic E-state index is -1.01. The molecule has 94 valence electrons. The number of rotatable bonds is 3. The first-order valence-corrected chi connectivity index (χ1v) is 5.46. The van der Waals surface area contributed by atoms with Gasteiger partial charge < -0.3 is 10.5 Å². The topological polar surface area (TPSA) is 98.5 Å². The van der Waals surface area contributed by atoms with Crippen molar-refractivity contribution in [2.45, 2.75) is 32.3 Å². The van der Waals surface area contributed by atoms with Crippen LogP contribution in [0, 0.1) is 5.92 Å². The SMILES string of the molecule is C[C@H](OC(=O)[C@H]1CC=CCC1)C(=O)NC(N)=O. The monoisotopic (exact) mass is 240 g/mol. The van der Waals surface area contributed by atoms with Gasteiger partial charge in [0.25, 0.3) is 5.91 Å². The van der Waals surface area contributed by atoms with Crippen LogP contribution in [0.15, 0.2) is 12.2 Å². The zero-order valence-electron chi connectivity index (χ0n) is 9.64. The Morgan fingerprint density at radius 2 is 2.12 bits per heavy atom. The number of allylic oxidation sites excluding steroid dienone is 2. The summed E-state index contributed by atoms with van der Waals surface area (Å²) < 4.78 is 4.96. The summed E-state index contributed by atoms with van der Waals surface area (Å²) in [5.41, 5.74) is 4.78. The maximum atomic E-state index is 11.6. The normalized spacial score (nSPS) is 20.4. The molecule has 0 aliphatic heterocycles. The van der Waals surface area contributed by atoms with Gasteiger partial charge in [-0.2, -0.15) is 0 Å². The van der Waals surface area contributed by atoms with Gasteiger partial charge in [0.1, 0.15) is 0 Å². The molecular formula is C11H16N2O4. The molecule has 3 amide bonds. The van der Waals surface area contributed by atoms with Crippen molar-refractivity contribution < 1.29 is 19.1 Å². The number of hydrogen-bond acceptors (Lipinski definition) is 4. The number of amides is 3. The van der Waals surface area contributed by atoms with E-state index in [0.717, 1.165) is 12.8 Å². The van der Waals surface area contributed by atoms with Crippen molar-refractivity contribution >= 4 is 17.9 Å². The molecule has 1 aliphatic carbocycles. The van der Waals surface area contributed by atoms with Crippen molar-refractivity contribution in [1.29, 1.82) is 0 Å². The molecule has 2 atom stereocenters. The van der Waals surface area contributed by atoms with Crippen LogP contribution >= 0.6 is 0 Å². The van der Waals surface area contributed by atoms with Gasteiger partial charge >= 0.3 is 12.0 Å². The summed E-state index contributed by atoms with van der Waals surface area (Å²) in [7, 11) is 0. The lowest BCUT2D eigenvalue weighted by Crippen LogP contribution is -2.42. The summed E-state index contributed by atoms with van der Waals surface area (Å²) in [5.74, 6) is -1.33. The number of imide groups is 1. The minimum Gasteiger partial charge on any atom is -0.452 e. The molecule has 0 spiro atoms. The molecule has 1 aliphatic rings. The number of carbonyl (C=O) groups is 3. The third-order valence-corrected chi connectivity index (χ3v) is 2.51. The van der Waals surface area contributed by atoms with E-state index in [2.05, 4.69) is 0 Å². The zero-order valence-corrected chi connectivity index (χ0v) is 9.64. The fraction of sp³-hybridized carbons (Fsp3) is 0.545. The molecule has 0 fully saturated rings. The molecule has 0 bridgehead atoms. The fourth-order valence-corrected chi connectivity index (χ4v) is 1.55. The molecule has 1 rings (SSSR count). The summed E-state index contributed by atoms with van der Waals surface area (Å²) >= 11 is 0. The Hall–Kier alpha value is -1.85. The predicted octanol–water partition coefficient (Wildman–Crippen LogP) is 0.469. The number of nitrogens with one attached hydrogen (secondary N) is 1. The molecule has 0 unspecified atom stereocenters. The van der Waals surface area contributed by atoms with Gasteiger partial charge in [-0.05, 0) is 26.2 Å². The van der Waals surface area contributed by atoms with Crippen molar-refractivity contribution in [3.05, 3.63) is 12.2 Å². The molecule has 0 aromatic rings. The molecule has 3 N–H and O–H groups in total. The van der Waals surface area contributed by atoms with Crippen LogP contribution in [-0.2, 0) is 14.3 Å². The largest absolute Gasteiger partial charge is 0.452 e. The van der Waals surface area contributed by atoms with E-state index in [4.69, 9.17) is 10.5 Å². The van der Waals surface area contributed by atoms with E-state index in [1.807, 2.05) is 17.5 Å². The van der Waals surface area contributed by atoms with Crippen LogP contribution in [0.5, 0.6) is 0 Å². The first kappa shape index (κ1) is 13.2. The van der Waals surface area contributed by atoms with E-state index in [1.54, 1.807) is 0 Å². The summed E-state index contributed by atoms with van der Waals surface area (Å²) in [4.78, 5) is 33.4. The van der Waals surface area contributed by atoms with E-state index < -0.39 is 24.0 Å². The highest BCUT2D eigenvalue weighted by Crippen LogP contribution is 2.19. The van der Waals surface area contributed by atoms with Crippen molar-refractivity contribution in [2.24, 2.45) is 11.7 Å². The fourth-order valence-electron chi connectivity index (χ4n) is 1.55. The Kier molecular flexibility index (Phi) is 4.68. The maximum absolute atomic E-state index is 11.6. The second-order valence-electron chi connectivity index (χ2n) is 3.91. The highest BCUT2D eigenvalue weighted by Gasteiger charge is 2.25. The van der Waals surface area contributed by atoms with Crippen LogP contribution in [0.1, 0.15) is 26.2 Å². The van der Waals surface area contributed by atoms with Gasteiger partial charge in [0.2, 0.25) is 0 Å². The number of nitrogens with two attached hydrogens (primary N) is 1. The first-order chi connectivity index (χ1) is 8.00. The van der Waals surface area contributed by atoms with E-state index in [1.165, 1.54) is 6.92 Å². The minimum absolute atomic E-state index is 0.205. The highest BCUT2D eigenvalue weighted by molar-refractivity contribution is 5.96. The lowest BCUT2D eigenvalue weighted by atomic mass is 9.95. The number of hydrogen-bond donors (Lipinski definition) is 2.